The molecule has 0 bridgehead atoms. The Bertz CT molecular complexity index is 2300. The molecule has 0 aliphatic heterocycles. The van der Waals surface area contributed by atoms with Crippen molar-refractivity contribution in [3.8, 4) is 50.5 Å². The van der Waals surface area contributed by atoms with Crippen molar-refractivity contribution < 1.29 is 0 Å². The van der Waals surface area contributed by atoms with E-state index in [1.807, 2.05) is 24.3 Å². The molecule has 0 saturated heterocycles. The van der Waals surface area contributed by atoms with E-state index in [0.717, 1.165) is 11.1 Å². The van der Waals surface area contributed by atoms with Crippen LogP contribution in [-0.2, 0) is 0 Å². The van der Waals surface area contributed by atoms with E-state index in [2.05, 4.69) is 168 Å². The zero-order valence-electron chi connectivity index (χ0n) is 28.5. The zero-order chi connectivity index (χ0) is 33.9. The van der Waals surface area contributed by atoms with Gasteiger partial charge in [-0.15, -0.1) is 0 Å². The first-order valence-electron chi connectivity index (χ1n) is 17.0. The second kappa shape index (κ2) is 13.8. The SMILES string of the molecule is C/C(=C\C=C1\C=Cc2ccc(-c3ccccc3)bc2C1C)c1ccc(C)c(-c2c(C)cccc2-c2ccc(-c3ccc(C#N)cc3)cc2)c1. The Morgan fingerprint density at radius 1 is 0.673 bits per heavy atom. The van der Waals surface area contributed by atoms with Crippen LogP contribution in [0, 0.1) is 25.2 Å². The maximum absolute atomic E-state index is 9.17. The first-order valence-corrected chi connectivity index (χ1v) is 17.0. The number of nitriles is 1. The van der Waals surface area contributed by atoms with Crippen LogP contribution in [0.25, 0.3) is 56.1 Å². The van der Waals surface area contributed by atoms with Crippen LogP contribution in [0.15, 0.2) is 151 Å². The van der Waals surface area contributed by atoms with Crippen molar-refractivity contribution in [3.63, 3.8) is 0 Å². The van der Waals surface area contributed by atoms with Gasteiger partial charge in [-0.1, -0.05) is 42.5 Å². The molecule has 0 fully saturated rings. The van der Waals surface area contributed by atoms with Crippen LogP contribution in [0.2, 0.25) is 0 Å². The van der Waals surface area contributed by atoms with Crippen molar-refractivity contribution in [2.24, 2.45) is 0 Å². The Balaban J connectivity index is 1.18. The van der Waals surface area contributed by atoms with Gasteiger partial charge in [-0.05, 0) is 23.3 Å². The van der Waals surface area contributed by atoms with E-state index in [0.29, 0.717) is 11.5 Å². The summed E-state index contributed by atoms with van der Waals surface area (Å²) in [5.74, 6) is 0.305. The zero-order valence-corrected chi connectivity index (χ0v) is 28.5. The fourth-order valence-corrected chi connectivity index (χ4v) is 6.92. The monoisotopic (exact) mass is 627 g/mol. The number of hydrogen-bond donors (Lipinski definition) is 0. The first kappa shape index (κ1) is 31.8. The Morgan fingerprint density at radius 2 is 1.39 bits per heavy atom. The number of nitrogens with zero attached hydrogens (tertiary/aromatic N) is 1. The molecule has 5 aromatic carbocycles. The van der Waals surface area contributed by atoms with Gasteiger partial charge in [0.25, 0.3) is 0 Å². The minimum atomic E-state index is 0.305. The van der Waals surface area contributed by atoms with E-state index in [-0.39, 0.29) is 0 Å². The fraction of sp³-hybridized carbons (Fsp3) is 0.106. The number of rotatable bonds is 6. The Hall–Kier alpha value is -5.78. The second-order valence-corrected chi connectivity index (χ2v) is 13.1. The molecule has 234 valence electrons. The predicted molar refractivity (Wildman–Crippen MR) is 209 cm³/mol. The quantitative estimate of drug-likeness (QED) is 0.180. The average Bonchev–Trinajstić information content (AvgIpc) is 3.15. The van der Waals surface area contributed by atoms with Crippen LogP contribution in [-0.4, -0.2) is 6.91 Å². The molecule has 0 saturated carbocycles. The van der Waals surface area contributed by atoms with Gasteiger partial charge < -0.3 is 0 Å². The fourth-order valence-electron chi connectivity index (χ4n) is 6.92. The third kappa shape index (κ3) is 6.54. The topological polar surface area (TPSA) is 23.8 Å². The molecule has 6 aromatic rings. The van der Waals surface area contributed by atoms with Gasteiger partial charge >= 0.3 is 210 Å². The van der Waals surface area contributed by atoms with Crippen molar-refractivity contribution in [1.29, 1.82) is 5.26 Å². The summed E-state index contributed by atoms with van der Waals surface area (Å²) in [7, 11) is 0. The number of allylic oxidation sites excluding steroid dienone is 5. The Morgan fingerprint density at radius 3 is 2.12 bits per heavy atom. The predicted octanol–water partition coefficient (Wildman–Crippen LogP) is 12.3. The molecule has 1 nitrogen and oxygen atoms in total. The van der Waals surface area contributed by atoms with Crippen LogP contribution >= 0.6 is 0 Å². The van der Waals surface area contributed by atoms with E-state index in [4.69, 9.17) is 0 Å². The van der Waals surface area contributed by atoms with Crippen LogP contribution in [0.5, 0.6) is 0 Å². The van der Waals surface area contributed by atoms with Crippen LogP contribution in [0.1, 0.15) is 53.0 Å². The van der Waals surface area contributed by atoms with E-state index in [1.165, 1.54) is 72.1 Å². The summed E-state index contributed by atoms with van der Waals surface area (Å²) >= 11 is 0. The molecule has 1 aromatic heterocycles. The normalized spacial score (nSPS) is 14.7. The molecule has 0 N–H and O–H groups in total. The maximum atomic E-state index is 9.17. The van der Waals surface area contributed by atoms with Crippen LogP contribution in [0.4, 0.5) is 0 Å². The van der Waals surface area contributed by atoms with Gasteiger partial charge in [0.2, 0.25) is 0 Å². The van der Waals surface area contributed by atoms with E-state index < -0.39 is 0 Å². The number of fused-ring (bicyclic) bond motifs is 1. The standard InChI is InChI=1S/C47H38BN/c1-31(13-17-36-21-26-41-27-28-45(48-47(41)34(36)4)40-10-6-5-7-11-40)42-18-14-32(2)44(29-42)46-33(3)9-8-12-43(46)39-24-22-38(23-25-39)37-19-15-35(30-49)16-20-37/h5-29,34H,1-4H3/b31-13+,36-17-. The summed E-state index contributed by atoms with van der Waals surface area (Å²) in [4.78, 5) is 0. The third-order valence-corrected chi connectivity index (χ3v) is 9.92. The molecule has 0 radical (unpaired) electrons. The van der Waals surface area contributed by atoms with E-state index in [1.54, 1.807) is 0 Å². The summed E-state index contributed by atoms with van der Waals surface area (Å²) in [5.41, 5.74) is 19.3. The van der Waals surface area contributed by atoms with E-state index >= 15 is 0 Å². The number of benzene rings is 5. The van der Waals surface area contributed by atoms with Crippen LogP contribution in [0.3, 0.4) is 0 Å². The summed E-state index contributed by atoms with van der Waals surface area (Å²) in [6.07, 6.45) is 9.09. The summed E-state index contributed by atoms with van der Waals surface area (Å²) in [5, 5.41) is 9.17. The van der Waals surface area contributed by atoms with Crippen LogP contribution < -0.4 is 0 Å². The molecule has 7 rings (SSSR count). The summed E-state index contributed by atoms with van der Waals surface area (Å²) in [6, 6.07) is 47.3. The molecule has 0 spiro atoms. The van der Waals surface area contributed by atoms with E-state index in [9.17, 15) is 5.26 Å². The van der Waals surface area contributed by atoms with Crippen molar-refractivity contribution in [2.75, 3.05) is 0 Å². The first-order chi connectivity index (χ1) is 23.9. The molecule has 1 unspecified atom stereocenters. The minimum absolute atomic E-state index is 0.305. The summed E-state index contributed by atoms with van der Waals surface area (Å²) < 4.78 is 0. The van der Waals surface area contributed by atoms with Crippen molar-refractivity contribution in [1.82, 2.24) is 0 Å². The second-order valence-electron chi connectivity index (χ2n) is 13.1. The summed E-state index contributed by atoms with van der Waals surface area (Å²) in [6.45, 7) is 11.3. The molecule has 1 heterocycles. The van der Waals surface area contributed by atoms with Crippen molar-refractivity contribution in [2.45, 2.75) is 33.6 Å². The molecular weight excluding hydrogens is 589 g/mol. The molecule has 2 heteroatoms. The molecule has 1 atom stereocenters. The van der Waals surface area contributed by atoms with Crippen molar-refractivity contribution in [3.05, 3.63) is 184 Å². The molecular formula is C47H38BN. The van der Waals surface area contributed by atoms with Gasteiger partial charge in [0.15, 0.2) is 0 Å². The Kier molecular flexibility index (Phi) is 8.93. The number of aryl methyl sites for hydroxylation is 2. The third-order valence-electron chi connectivity index (χ3n) is 9.92. The molecule has 1 aliphatic carbocycles. The number of hydrogen-bond acceptors (Lipinski definition) is 1. The van der Waals surface area contributed by atoms with Gasteiger partial charge in [0.05, 0.1) is 11.6 Å². The average molecular weight is 628 g/mol. The van der Waals surface area contributed by atoms with Gasteiger partial charge in [-0.25, -0.2) is 0 Å². The molecule has 1 aliphatic rings. The van der Waals surface area contributed by atoms with Gasteiger partial charge in [-0.2, -0.15) is 5.26 Å². The molecule has 0 amide bonds. The van der Waals surface area contributed by atoms with Crippen molar-refractivity contribution >= 4 is 18.6 Å². The van der Waals surface area contributed by atoms with Gasteiger partial charge in [-0.3, -0.25) is 0 Å². The Labute approximate surface area is 291 Å². The van der Waals surface area contributed by atoms with Gasteiger partial charge in [0.1, 0.15) is 0 Å². The van der Waals surface area contributed by atoms with Gasteiger partial charge in [0, 0.05) is 0 Å². The molecule has 49 heavy (non-hydrogen) atoms.